The number of hydrogen-bond donors (Lipinski definition) is 1. The average Bonchev–Trinajstić information content (AvgIpc) is 3.40. The van der Waals surface area contributed by atoms with Crippen LogP contribution in [0.1, 0.15) is 20.8 Å². The summed E-state index contributed by atoms with van der Waals surface area (Å²) in [5, 5.41) is 17.7. The smallest absolute Gasteiger partial charge is 0.255 e. The number of para-hydroxylation sites is 1. The Morgan fingerprint density at radius 1 is 1.04 bits per heavy atom. The number of tetrazole rings is 1. The molecule has 0 fully saturated rings. The number of amides is 1. The molecule has 6 nitrogen and oxygen atoms in total. The van der Waals surface area contributed by atoms with Crippen molar-refractivity contribution in [3.63, 3.8) is 0 Å². The molecule has 2 aromatic heterocycles. The first-order valence-electron chi connectivity index (χ1n) is 8.64. The fourth-order valence-corrected chi connectivity index (χ4v) is 4.09. The summed E-state index contributed by atoms with van der Waals surface area (Å²) in [6, 6.07) is 21.1. The Kier molecular flexibility index (Phi) is 5.79. The highest BCUT2D eigenvalue weighted by atomic mass is 32.2. The van der Waals surface area contributed by atoms with Crippen molar-refractivity contribution >= 4 is 34.7 Å². The molecule has 0 aliphatic rings. The number of hydrogen-bond acceptors (Lipinski definition) is 6. The van der Waals surface area contributed by atoms with E-state index in [-0.39, 0.29) is 5.91 Å². The molecule has 28 heavy (non-hydrogen) atoms. The van der Waals surface area contributed by atoms with Gasteiger partial charge in [-0.15, -0.1) is 16.4 Å². The van der Waals surface area contributed by atoms with Gasteiger partial charge in [-0.05, 0) is 51.7 Å². The summed E-state index contributed by atoms with van der Waals surface area (Å²) >= 11 is 3.26. The molecule has 4 rings (SSSR count). The van der Waals surface area contributed by atoms with Gasteiger partial charge >= 0.3 is 0 Å². The maximum absolute atomic E-state index is 12.3. The quantitative estimate of drug-likeness (QED) is 0.462. The molecule has 0 unspecified atom stereocenters. The summed E-state index contributed by atoms with van der Waals surface area (Å²) in [5.74, 6) is 0.607. The molecule has 0 atom stereocenters. The van der Waals surface area contributed by atoms with E-state index in [1.165, 1.54) is 4.88 Å². The molecule has 8 heteroatoms. The van der Waals surface area contributed by atoms with Gasteiger partial charge in [-0.3, -0.25) is 4.79 Å². The van der Waals surface area contributed by atoms with Crippen molar-refractivity contribution in [1.29, 1.82) is 0 Å². The first-order valence-corrected chi connectivity index (χ1v) is 10.5. The minimum Gasteiger partial charge on any atom is -0.322 e. The molecule has 0 spiro atoms. The third kappa shape index (κ3) is 4.65. The van der Waals surface area contributed by atoms with Crippen LogP contribution in [0.15, 0.2) is 77.3 Å². The maximum atomic E-state index is 12.3. The molecule has 1 amide bonds. The third-order valence-corrected chi connectivity index (χ3v) is 5.89. The summed E-state index contributed by atoms with van der Waals surface area (Å²) < 4.78 is 1.80. The second-order valence-corrected chi connectivity index (χ2v) is 7.98. The van der Waals surface area contributed by atoms with Crippen LogP contribution in [-0.2, 0) is 12.3 Å². The Hall–Kier alpha value is -2.97. The number of thiophene rings is 1. The van der Waals surface area contributed by atoms with Gasteiger partial charge in [0.2, 0.25) is 5.16 Å². The normalized spacial score (nSPS) is 10.7. The zero-order valence-corrected chi connectivity index (χ0v) is 16.5. The summed E-state index contributed by atoms with van der Waals surface area (Å²) in [5.41, 5.74) is 2.51. The second-order valence-electron chi connectivity index (χ2n) is 6.00. The molecule has 1 N–H and O–H groups in total. The highest BCUT2D eigenvalue weighted by molar-refractivity contribution is 7.98. The van der Waals surface area contributed by atoms with Crippen molar-refractivity contribution in [3.05, 3.63) is 88.1 Å². The third-order valence-electron chi connectivity index (χ3n) is 4.00. The van der Waals surface area contributed by atoms with E-state index >= 15 is 0 Å². The largest absolute Gasteiger partial charge is 0.322 e. The molecule has 0 bridgehead atoms. The number of thioether (sulfide) groups is 1. The van der Waals surface area contributed by atoms with Crippen LogP contribution in [0.2, 0.25) is 0 Å². The van der Waals surface area contributed by atoms with Crippen LogP contribution in [0.4, 0.5) is 5.69 Å². The van der Waals surface area contributed by atoms with E-state index in [9.17, 15) is 4.79 Å². The summed E-state index contributed by atoms with van der Waals surface area (Å²) in [6.45, 7) is 0.672. The molecule has 0 saturated heterocycles. The number of nitrogens with one attached hydrogen (secondary N) is 1. The predicted molar refractivity (Wildman–Crippen MR) is 112 cm³/mol. The fraction of sp³-hybridized carbons (Fsp3) is 0.100. The number of aromatic nitrogens is 4. The lowest BCUT2D eigenvalue weighted by atomic mass is 10.1. The Balaban J connectivity index is 1.35. The van der Waals surface area contributed by atoms with Crippen LogP contribution in [0.25, 0.3) is 0 Å². The van der Waals surface area contributed by atoms with Crippen LogP contribution < -0.4 is 5.32 Å². The first kappa shape index (κ1) is 18.4. The Morgan fingerprint density at radius 2 is 1.86 bits per heavy atom. The van der Waals surface area contributed by atoms with Gasteiger partial charge in [0, 0.05) is 21.9 Å². The zero-order valence-electron chi connectivity index (χ0n) is 14.9. The van der Waals surface area contributed by atoms with Crippen molar-refractivity contribution in [2.75, 3.05) is 5.32 Å². The van der Waals surface area contributed by atoms with Gasteiger partial charge < -0.3 is 5.32 Å². The summed E-state index contributed by atoms with van der Waals surface area (Å²) in [4.78, 5) is 13.5. The summed E-state index contributed by atoms with van der Waals surface area (Å²) in [6.07, 6.45) is 0. The van der Waals surface area contributed by atoms with Gasteiger partial charge in [0.15, 0.2) is 0 Å². The number of nitrogens with zero attached hydrogens (tertiary/aromatic N) is 4. The van der Waals surface area contributed by atoms with Gasteiger partial charge in [0.25, 0.3) is 5.91 Å². The Labute approximate surface area is 170 Å². The van der Waals surface area contributed by atoms with E-state index in [4.69, 9.17) is 0 Å². The lowest BCUT2D eigenvalue weighted by Crippen LogP contribution is -2.11. The lowest BCUT2D eigenvalue weighted by Gasteiger charge is -2.06. The molecule has 2 heterocycles. The molecule has 0 aliphatic carbocycles. The number of benzene rings is 2. The highest BCUT2D eigenvalue weighted by Crippen LogP contribution is 2.22. The van der Waals surface area contributed by atoms with Gasteiger partial charge in [0.05, 0.1) is 6.54 Å². The molecule has 0 aliphatic heterocycles. The molecule has 2 aromatic carbocycles. The van der Waals surface area contributed by atoms with E-state index < -0.39 is 0 Å². The van der Waals surface area contributed by atoms with E-state index in [0.29, 0.717) is 12.1 Å². The van der Waals surface area contributed by atoms with E-state index in [2.05, 4.69) is 26.9 Å². The summed E-state index contributed by atoms with van der Waals surface area (Å²) in [7, 11) is 0. The van der Waals surface area contributed by atoms with Crippen molar-refractivity contribution < 1.29 is 4.79 Å². The van der Waals surface area contributed by atoms with Gasteiger partial charge in [-0.1, -0.05) is 48.2 Å². The van der Waals surface area contributed by atoms with Crippen LogP contribution >= 0.6 is 23.1 Å². The zero-order chi connectivity index (χ0) is 19.2. The molecule has 140 valence electrons. The van der Waals surface area contributed by atoms with Crippen molar-refractivity contribution in [2.45, 2.75) is 17.5 Å². The Bertz CT molecular complexity index is 1030. The monoisotopic (exact) mass is 407 g/mol. The number of carbonyl (C=O) groups is 1. The number of rotatable bonds is 7. The molecular formula is C20H17N5OS2. The highest BCUT2D eigenvalue weighted by Gasteiger charge is 2.10. The minimum absolute atomic E-state index is 0.120. The average molecular weight is 408 g/mol. The van der Waals surface area contributed by atoms with Crippen LogP contribution in [0.5, 0.6) is 0 Å². The molecule has 0 radical (unpaired) electrons. The lowest BCUT2D eigenvalue weighted by molar-refractivity contribution is 0.102. The Morgan fingerprint density at radius 3 is 2.61 bits per heavy atom. The number of anilines is 1. The molecular weight excluding hydrogens is 390 g/mol. The first-order chi connectivity index (χ1) is 13.8. The van der Waals surface area contributed by atoms with Crippen molar-refractivity contribution in [2.24, 2.45) is 0 Å². The van der Waals surface area contributed by atoms with E-state index in [1.54, 1.807) is 27.8 Å². The number of carbonyl (C=O) groups excluding carboxylic acids is 1. The topological polar surface area (TPSA) is 72.7 Å². The SMILES string of the molecule is O=C(Nc1ccccc1)c1ccc(CSc2nnnn2Cc2cccs2)cc1. The van der Waals surface area contributed by atoms with Crippen molar-refractivity contribution in [1.82, 2.24) is 20.2 Å². The van der Waals surface area contributed by atoms with Crippen LogP contribution in [-0.4, -0.2) is 26.1 Å². The van der Waals surface area contributed by atoms with Gasteiger partial charge in [0.1, 0.15) is 0 Å². The second kappa shape index (κ2) is 8.81. The standard InChI is InChI=1S/C20H17N5OS2/c26-19(21-17-5-2-1-3-6-17)16-10-8-15(9-11-16)14-28-20-22-23-24-25(20)13-18-7-4-12-27-18/h1-12H,13-14H2,(H,21,26). The van der Waals surface area contributed by atoms with Gasteiger partial charge in [-0.2, -0.15) is 0 Å². The van der Waals surface area contributed by atoms with Crippen molar-refractivity contribution in [3.8, 4) is 0 Å². The van der Waals surface area contributed by atoms with Gasteiger partial charge in [-0.25, -0.2) is 4.68 Å². The predicted octanol–water partition coefficient (Wildman–Crippen LogP) is 4.33. The minimum atomic E-state index is -0.120. The molecule has 0 saturated carbocycles. The van der Waals surface area contributed by atoms with E-state index in [1.807, 2.05) is 66.0 Å². The van der Waals surface area contributed by atoms with E-state index in [0.717, 1.165) is 22.2 Å². The van der Waals surface area contributed by atoms with Crippen LogP contribution in [0.3, 0.4) is 0 Å². The fourth-order valence-electron chi connectivity index (χ4n) is 2.57. The molecule has 4 aromatic rings. The van der Waals surface area contributed by atoms with Crippen LogP contribution in [0, 0.1) is 0 Å². The maximum Gasteiger partial charge on any atom is 0.255 e.